The van der Waals surface area contributed by atoms with Crippen molar-refractivity contribution in [2.75, 3.05) is 23.7 Å². The van der Waals surface area contributed by atoms with Crippen LogP contribution < -0.4 is 16.2 Å². The molecule has 10 heteroatoms. The van der Waals surface area contributed by atoms with Crippen LogP contribution in [0.3, 0.4) is 0 Å². The summed E-state index contributed by atoms with van der Waals surface area (Å²) in [4.78, 5) is 24.2. The van der Waals surface area contributed by atoms with E-state index in [1.54, 1.807) is 19.2 Å². The highest BCUT2D eigenvalue weighted by Gasteiger charge is 2.50. The van der Waals surface area contributed by atoms with Gasteiger partial charge in [0.15, 0.2) is 5.65 Å². The van der Waals surface area contributed by atoms with Gasteiger partial charge in [-0.25, -0.2) is 13.8 Å². The number of nitrogens with zero attached hydrogens (tertiary/aromatic N) is 5. The van der Waals surface area contributed by atoms with E-state index in [0.717, 1.165) is 5.56 Å². The number of H-pyrrole nitrogens is 1. The Balaban J connectivity index is 1.48. The fourth-order valence-electron chi connectivity index (χ4n) is 5.15. The molecule has 31 heavy (non-hydrogen) atoms. The standard InChI is InChI=1S/C21H25F2N7O/c1-12-13(3-4-14(24)25-12)16-15-17(28-27-16)26-19(29(2)18(15)31)30-9-7-20(8-10-30)5-6-21(22,23)11-20/h3-4H,5-11H2,1-2H3,(H2,24,25)(H,27,28). The second-order valence-electron chi connectivity index (χ2n) is 8.96. The molecule has 1 saturated carbocycles. The second kappa shape index (κ2) is 6.73. The third-order valence-corrected chi connectivity index (χ3v) is 6.91. The molecule has 2 aliphatic rings. The maximum absolute atomic E-state index is 13.8. The Morgan fingerprint density at radius 1 is 1.13 bits per heavy atom. The summed E-state index contributed by atoms with van der Waals surface area (Å²) in [5.41, 5.74) is 7.56. The van der Waals surface area contributed by atoms with Gasteiger partial charge in [-0.15, -0.1) is 0 Å². The Kier molecular flexibility index (Phi) is 4.32. The molecular formula is C21H25F2N7O. The summed E-state index contributed by atoms with van der Waals surface area (Å²) < 4.78 is 29.1. The Hall–Kier alpha value is -3.04. The highest BCUT2D eigenvalue weighted by Crippen LogP contribution is 2.53. The van der Waals surface area contributed by atoms with E-state index < -0.39 is 5.92 Å². The van der Waals surface area contributed by atoms with E-state index in [-0.39, 0.29) is 23.8 Å². The molecular weight excluding hydrogens is 404 g/mol. The van der Waals surface area contributed by atoms with Gasteiger partial charge in [-0.2, -0.15) is 10.1 Å². The Bertz CT molecular complexity index is 1220. The van der Waals surface area contributed by atoms with Gasteiger partial charge in [0.25, 0.3) is 5.56 Å². The number of rotatable bonds is 2. The minimum Gasteiger partial charge on any atom is -0.384 e. The molecule has 1 aliphatic heterocycles. The number of hydrogen-bond acceptors (Lipinski definition) is 6. The van der Waals surface area contributed by atoms with E-state index in [2.05, 4.69) is 20.2 Å². The lowest BCUT2D eigenvalue weighted by atomic mass is 9.77. The molecule has 1 aliphatic carbocycles. The highest BCUT2D eigenvalue weighted by atomic mass is 19.3. The van der Waals surface area contributed by atoms with Crippen molar-refractivity contribution in [1.82, 2.24) is 24.7 Å². The first-order valence-electron chi connectivity index (χ1n) is 10.5. The number of fused-ring (bicyclic) bond motifs is 1. The van der Waals surface area contributed by atoms with Crippen LogP contribution in [0.15, 0.2) is 16.9 Å². The summed E-state index contributed by atoms with van der Waals surface area (Å²) in [6.07, 6.45) is 1.87. The number of nitrogen functional groups attached to an aromatic ring is 1. The van der Waals surface area contributed by atoms with E-state index in [1.165, 1.54) is 4.57 Å². The van der Waals surface area contributed by atoms with Crippen LogP contribution in [0.2, 0.25) is 0 Å². The number of pyridine rings is 1. The lowest BCUT2D eigenvalue weighted by molar-refractivity contribution is -0.00685. The summed E-state index contributed by atoms with van der Waals surface area (Å²) in [5, 5.41) is 7.59. The quantitative estimate of drug-likeness (QED) is 0.649. The molecule has 8 nitrogen and oxygen atoms in total. The van der Waals surface area contributed by atoms with Crippen LogP contribution in [0.4, 0.5) is 20.5 Å². The Morgan fingerprint density at radius 3 is 2.52 bits per heavy atom. The molecule has 0 radical (unpaired) electrons. The van der Waals surface area contributed by atoms with E-state index in [9.17, 15) is 13.6 Å². The Morgan fingerprint density at radius 2 is 1.87 bits per heavy atom. The molecule has 0 amide bonds. The lowest BCUT2D eigenvalue weighted by Gasteiger charge is -2.40. The fourth-order valence-corrected chi connectivity index (χ4v) is 5.15. The smallest absolute Gasteiger partial charge is 0.266 e. The number of alkyl halides is 2. The predicted octanol–water partition coefficient (Wildman–Crippen LogP) is 3.02. The molecule has 3 aromatic heterocycles. The molecule has 3 aromatic rings. The lowest BCUT2D eigenvalue weighted by Crippen LogP contribution is -2.42. The van der Waals surface area contributed by atoms with E-state index in [0.29, 0.717) is 66.5 Å². The summed E-state index contributed by atoms with van der Waals surface area (Å²) in [6, 6.07) is 3.48. The number of halogens is 2. The molecule has 5 rings (SSSR count). The zero-order chi connectivity index (χ0) is 22.0. The van der Waals surface area contributed by atoms with E-state index in [1.807, 2.05) is 11.8 Å². The molecule has 164 valence electrons. The van der Waals surface area contributed by atoms with Crippen LogP contribution in [0.5, 0.6) is 0 Å². The summed E-state index contributed by atoms with van der Waals surface area (Å²) in [5.74, 6) is -1.63. The van der Waals surface area contributed by atoms with Crippen molar-refractivity contribution in [3.63, 3.8) is 0 Å². The van der Waals surface area contributed by atoms with Crippen LogP contribution in [-0.4, -0.2) is 43.7 Å². The molecule has 3 N–H and O–H groups in total. The first-order chi connectivity index (χ1) is 14.7. The average Bonchev–Trinajstić information content (AvgIpc) is 3.26. The van der Waals surface area contributed by atoms with Crippen molar-refractivity contribution in [3.05, 3.63) is 28.2 Å². The maximum atomic E-state index is 13.8. The van der Waals surface area contributed by atoms with Crippen molar-refractivity contribution in [3.8, 4) is 11.3 Å². The zero-order valence-electron chi connectivity index (χ0n) is 17.6. The zero-order valence-corrected chi connectivity index (χ0v) is 17.6. The van der Waals surface area contributed by atoms with Gasteiger partial charge in [0, 0.05) is 44.2 Å². The summed E-state index contributed by atoms with van der Waals surface area (Å²) >= 11 is 0. The van der Waals surface area contributed by atoms with Crippen molar-refractivity contribution in [2.45, 2.75) is 45.0 Å². The molecule has 1 saturated heterocycles. The van der Waals surface area contributed by atoms with Crippen LogP contribution in [-0.2, 0) is 7.05 Å². The van der Waals surface area contributed by atoms with Crippen LogP contribution in [0, 0.1) is 12.3 Å². The number of aryl methyl sites for hydroxylation is 1. The van der Waals surface area contributed by atoms with Gasteiger partial charge in [-0.05, 0) is 43.7 Å². The predicted molar refractivity (Wildman–Crippen MR) is 114 cm³/mol. The number of aromatic nitrogens is 5. The number of nitrogens with one attached hydrogen (secondary N) is 1. The molecule has 0 atom stereocenters. The summed E-state index contributed by atoms with van der Waals surface area (Å²) in [6.45, 7) is 3.01. The number of hydrogen-bond donors (Lipinski definition) is 2. The third-order valence-electron chi connectivity index (χ3n) is 6.91. The molecule has 1 spiro atoms. The van der Waals surface area contributed by atoms with Crippen LogP contribution >= 0.6 is 0 Å². The average molecular weight is 429 g/mol. The fraction of sp³-hybridized carbons (Fsp3) is 0.524. The Labute approximate surface area is 177 Å². The number of nitrogens with two attached hydrogens (primary N) is 1. The third kappa shape index (κ3) is 3.24. The van der Waals surface area contributed by atoms with Crippen LogP contribution in [0.1, 0.15) is 37.8 Å². The SMILES string of the molecule is Cc1nc(N)ccc1-c1[nH]nc2nc(N3CCC4(CC3)CCC(F)(F)C4)n(C)c(=O)c12. The topological polar surface area (TPSA) is 106 Å². The van der Waals surface area contributed by atoms with Crippen molar-refractivity contribution in [1.29, 1.82) is 0 Å². The molecule has 0 aromatic carbocycles. The van der Waals surface area contributed by atoms with E-state index >= 15 is 0 Å². The number of piperidine rings is 1. The monoisotopic (exact) mass is 429 g/mol. The van der Waals surface area contributed by atoms with Gasteiger partial charge in [-0.1, -0.05) is 0 Å². The van der Waals surface area contributed by atoms with Gasteiger partial charge in [0.2, 0.25) is 11.9 Å². The molecule has 4 heterocycles. The number of aromatic amines is 1. The van der Waals surface area contributed by atoms with Gasteiger partial charge in [0.05, 0.1) is 5.69 Å². The minimum atomic E-state index is -2.55. The van der Waals surface area contributed by atoms with Gasteiger partial charge >= 0.3 is 0 Å². The minimum absolute atomic E-state index is 0.0227. The maximum Gasteiger partial charge on any atom is 0.266 e. The molecule has 0 unspecified atom stereocenters. The van der Waals surface area contributed by atoms with Gasteiger partial charge in [-0.3, -0.25) is 14.5 Å². The van der Waals surface area contributed by atoms with Crippen molar-refractivity contribution in [2.24, 2.45) is 12.5 Å². The number of anilines is 2. The van der Waals surface area contributed by atoms with Crippen molar-refractivity contribution >= 4 is 22.8 Å². The van der Waals surface area contributed by atoms with Crippen molar-refractivity contribution < 1.29 is 8.78 Å². The van der Waals surface area contributed by atoms with E-state index in [4.69, 9.17) is 5.73 Å². The highest BCUT2D eigenvalue weighted by molar-refractivity contribution is 5.91. The van der Waals surface area contributed by atoms with Gasteiger partial charge < -0.3 is 10.6 Å². The second-order valence-corrected chi connectivity index (χ2v) is 8.96. The summed E-state index contributed by atoms with van der Waals surface area (Å²) in [7, 11) is 1.68. The van der Waals surface area contributed by atoms with Crippen LogP contribution in [0.25, 0.3) is 22.3 Å². The molecule has 0 bridgehead atoms. The normalized spacial score (nSPS) is 20.1. The largest absolute Gasteiger partial charge is 0.384 e. The first kappa shape index (κ1) is 19.9. The molecule has 2 fully saturated rings. The van der Waals surface area contributed by atoms with Gasteiger partial charge in [0.1, 0.15) is 11.2 Å². The first-order valence-corrected chi connectivity index (χ1v) is 10.5.